The van der Waals surface area contributed by atoms with E-state index in [0.29, 0.717) is 6.04 Å². The highest BCUT2D eigenvalue weighted by atomic mass is 16.5. The van der Waals surface area contributed by atoms with Crippen LogP contribution in [-0.4, -0.2) is 18.7 Å². The van der Waals surface area contributed by atoms with Crippen LogP contribution in [0.15, 0.2) is 18.2 Å². The molecule has 100 valence electrons. The molecule has 0 aliphatic heterocycles. The van der Waals surface area contributed by atoms with Gasteiger partial charge in [-0.1, -0.05) is 19.9 Å². The van der Waals surface area contributed by atoms with Crippen LogP contribution in [0.3, 0.4) is 0 Å². The van der Waals surface area contributed by atoms with Crippen LogP contribution in [0.25, 0.3) is 0 Å². The molecule has 1 aliphatic carbocycles. The van der Waals surface area contributed by atoms with Gasteiger partial charge in [-0.2, -0.15) is 0 Å². The van der Waals surface area contributed by atoms with Crippen LogP contribution in [-0.2, 0) is 12.8 Å². The fourth-order valence-electron chi connectivity index (χ4n) is 2.82. The number of rotatable bonds is 6. The molecule has 0 heterocycles. The average Bonchev–Trinajstić information content (AvgIpc) is 2.83. The van der Waals surface area contributed by atoms with E-state index in [2.05, 4.69) is 44.3 Å². The maximum absolute atomic E-state index is 6.08. The zero-order valence-corrected chi connectivity index (χ0v) is 11.8. The largest absolute Gasteiger partial charge is 0.489 e. The SMILES string of the molecule is CCNC(CC)C(C)Oc1ccc2c(c1)CCC2. The first-order valence-corrected chi connectivity index (χ1v) is 7.26. The van der Waals surface area contributed by atoms with Crippen molar-refractivity contribution in [1.82, 2.24) is 5.32 Å². The van der Waals surface area contributed by atoms with Crippen LogP contribution in [0.4, 0.5) is 0 Å². The Labute approximate surface area is 111 Å². The summed E-state index contributed by atoms with van der Waals surface area (Å²) in [5, 5.41) is 3.48. The van der Waals surface area contributed by atoms with Gasteiger partial charge in [0.1, 0.15) is 11.9 Å². The summed E-state index contributed by atoms with van der Waals surface area (Å²) in [6.07, 6.45) is 5.06. The van der Waals surface area contributed by atoms with Gasteiger partial charge in [-0.3, -0.25) is 0 Å². The molecule has 1 aromatic carbocycles. The zero-order valence-electron chi connectivity index (χ0n) is 11.8. The molecule has 1 aliphatic rings. The first-order chi connectivity index (χ1) is 8.74. The topological polar surface area (TPSA) is 21.3 Å². The molecule has 0 amide bonds. The molecule has 0 bridgehead atoms. The summed E-state index contributed by atoms with van der Waals surface area (Å²) in [4.78, 5) is 0. The number of fused-ring (bicyclic) bond motifs is 1. The molecule has 0 fully saturated rings. The van der Waals surface area contributed by atoms with Crippen molar-refractivity contribution in [2.24, 2.45) is 0 Å². The van der Waals surface area contributed by atoms with Crippen molar-refractivity contribution in [3.05, 3.63) is 29.3 Å². The van der Waals surface area contributed by atoms with Gasteiger partial charge >= 0.3 is 0 Å². The van der Waals surface area contributed by atoms with E-state index in [4.69, 9.17) is 4.74 Å². The second-order valence-corrected chi connectivity index (χ2v) is 5.18. The molecule has 0 radical (unpaired) electrons. The first kappa shape index (κ1) is 13.4. The van der Waals surface area contributed by atoms with Gasteiger partial charge < -0.3 is 10.1 Å². The van der Waals surface area contributed by atoms with Crippen molar-refractivity contribution >= 4 is 0 Å². The molecule has 0 saturated heterocycles. The van der Waals surface area contributed by atoms with Crippen molar-refractivity contribution < 1.29 is 4.74 Å². The van der Waals surface area contributed by atoms with Crippen molar-refractivity contribution in [2.45, 2.75) is 58.6 Å². The Morgan fingerprint density at radius 3 is 2.72 bits per heavy atom. The Kier molecular flexibility index (Phi) is 4.65. The summed E-state index contributed by atoms with van der Waals surface area (Å²) in [7, 11) is 0. The summed E-state index contributed by atoms with van der Waals surface area (Å²) >= 11 is 0. The van der Waals surface area contributed by atoms with Crippen molar-refractivity contribution in [3.63, 3.8) is 0 Å². The Hall–Kier alpha value is -1.02. The van der Waals surface area contributed by atoms with Gasteiger partial charge in [0.05, 0.1) is 0 Å². The minimum absolute atomic E-state index is 0.217. The van der Waals surface area contributed by atoms with E-state index in [1.807, 2.05) is 0 Å². The Morgan fingerprint density at radius 2 is 2.00 bits per heavy atom. The van der Waals surface area contributed by atoms with Gasteiger partial charge in [0.2, 0.25) is 0 Å². The van der Waals surface area contributed by atoms with Crippen molar-refractivity contribution in [2.75, 3.05) is 6.54 Å². The molecule has 1 aromatic rings. The van der Waals surface area contributed by atoms with Gasteiger partial charge in [-0.05, 0) is 62.4 Å². The van der Waals surface area contributed by atoms with Crippen molar-refractivity contribution in [3.8, 4) is 5.75 Å². The van der Waals surface area contributed by atoms with E-state index < -0.39 is 0 Å². The third-order valence-electron chi connectivity index (χ3n) is 3.86. The van der Waals surface area contributed by atoms with Gasteiger partial charge in [-0.25, -0.2) is 0 Å². The summed E-state index contributed by atoms with van der Waals surface area (Å²) in [6, 6.07) is 7.03. The highest BCUT2D eigenvalue weighted by Gasteiger charge is 2.17. The van der Waals surface area contributed by atoms with E-state index in [-0.39, 0.29) is 6.10 Å². The third-order valence-corrected chi connectivity index (χ3v) is 3.86. The lowest BCUT2D eigenvalue weighted by molar-refractivity contribution is 0.168. The fourth-order valence-corrected chi connectivity index (χ4v) is 2.82. The molecular formula is C16H25NO. The third kappa shape index (κ3) is 3.05. The smallest absolute Gasteiger partial charge is 0.120 e. The first-order valence-electron chi connectivity index (χ1n) is 7.26. The Bertz CT molecular complexity index is 389. The normalized spacial score (nSPS) is 17.3. The Morgan fingerprint density at radius 1 is 1.22 bits per heavy atom. The van der Waals surface area contributed by atoms with E-state index in [9.17, 15) is 0 Å². The van der Waals surface area contributed by atoms with Crippen LogP contribution in [0.1, 0.15) is 44.7 Å². The van der Waals surface area contributed by atoms with Gasteiger partial charge in [0.25, 0.3) is 0 Å². The molecule has 0 aromatic heterocycles. The van der Waals surface area contributed by atoms with Crippen LogP contribution in [0.2, 0.25) is 0 Å². The fraction of sp³-hybridized carbons (Fsp3) is 0.625. The van der Waals surface area contributed by atoms with Crippen LogP contribution in [0, 0.1) is 0 Å². The Balaban J connectivity index is 2.00. The maximum atomic E-state index is 6.08. The van der Waals surface area contributed by atoms with Crippen LogP contribution >= 0.6 is 0 Å². The van der Waals surface area contributed by atoms with Crippen molar-refractivity contribution in [1.29, 1.82) is 0 Å². The number of benzene rings is 1. The number of hydrogen-bond donors (Lipinski definition) is 1. The van der Waals surface area contributed by atoms with E-state index in [0.717, 1.165) is 18.7 Å². The predicted octanol–water partition coefficient (Wildman–Crippen LogP) is 3.33. The molecule has 2 heteroatoms. The molecule has 1 N–H and O–H groups in total. The number of ether oxygens (including phenoxy) is 1. The maximum Gasteiger partial charge on any atom is 0.120 e. The zero-order chi connectivity index (χ0) is 13.0. The molecule has 2 rings (SSSR count). The van der Waals surface area contributed by atoms with E-state index >= 15 is 0 Å². The monoisotopic (exact) mass is 247 g/mol. The summed E-state index contributed by atoms with van der Waals surface area (Å²) in [6.45, 7) is 7.50. The minimum atomic E-state index is 0.217. The van der Waals surface area contributed by atoms with Crippen LogP contribution in [0.5, 0.6) is 5.75 Å². The predicted molar refractivity (Wildman–Crippen MR) is 76.3 cm³/mol. The number of hydrogen-bond acceptors (Lipinski definition) is 2. The quantitative estimate of drug-likeness (QED) is 0.832. The standard InChI is InChI=1S/C16H25NO/c1-4-16(17-5-2)12(3)18-15-10-9-13-7-6-8-14(13)11-15/h9-12,16-17H,4-8H2,1-3H3. The van der Waals surface area contributed by atoms with Crippen LogP contribution < -0.4 is 10.1 Å². The average molecular weight is 247 g/mol. The molecule has 2 unspecified atom stereocenters. The minimum Gasteiger partial charge on any atom is -0.489 e. The lowest BCUT2D eigenvalue weighted by Crippen LogP contribution is -2.40. The lowest BCUT2D eigenvalue weighted by atomic mass is 10.1. The molecule has 18 heavy (non-hydrogen) atoms. The van der Waals surface area contributed by atoms with Gasteiger partial charge in [0, 0.05) is 6.04 Å². The molecular weight excluding hydrogens is 222 g/mol. The van der Waals surface area contributed by atoms with Gasteiger partial charge in [-0.15, -0.1) is 0 Å². The molecule has 0 spiro atoms. The highest BCUT2D eigenvalue weighted by molar-refractivity contribution is 5.38. The molecule has 0 saturated carbocycles. The summed E-state index contributed by atoms with van der Waals surface area (Å²) in [5.74, 6) is 1.03. The molecule has 2 nitrogen and oxygen atoms in total. The highest BCUT2D eigenvalue weighted by Crippen LogP contribution is 2.26. The summed E-state index contributed by atoms with van der Waals surface area (Å²) in [5.41, 5.74) is 2.99. The lowest BCUT2D eigenvalue weighted by Gasteiger charge is -2.24. The summed E-state index contributed by atoms with van der Waals surface area (Å²) < 4.78 is 6.08. The number of nitrogens with one attached hydrogen (secondary N) is 1. The van der Waals surface area contributed by atoms with Gasteiger partial charge in [0.15, 0.2) is 0 Å². The second kappa shape index (κ2) is 6.24. The second-order valence-electron chi connectivity index (χ2n) is 5.18. The number of aryl methyl sites for hydroxylation is 2. The molecule has 2 atom stereocenters. The number of likely N-dealkylation sites (N-methyl/N-ethyl adjacent to an activating group) is 1. The van der Waals surface area contributed by atoms with E-state index in [1.165, 1.54) is 30.4 Å². The van der Waals surface area contributed by atoms with E-state index in [1.54, 1.807) is 0 Å².